The molecule has 0 N–H and O–H groups in total. The molecule has 1 aromatic rings. The molecular formula is C11H16ClO3PS. The summed E-state index contributed by atoms with van der Waals surface area (Å²) in [6.07, 6.45) is 0.910. The predicted molar refractivity (Wildman–Crippen MR) is 74.1 cm³/mol. The first-order chi connectivity index (χ1) is 8.11. The van der Waals surface area contributed by atoms with Crippen LogP contribution in [-0.4, -0.2) is 12.4 Å². The molecule has 1 rings (SSSR count). The fourth-order valence-corrected chi connectivity index (χ4v) is 4.78. The van der Waals surface area contributed by atoms with E-state index in [9.17, 15) is 4.57 Å². The van der Waals surface area contributed by atoms with Crippen LogP contribution in [0.1, 0.15) is 20.3 Å². The molecule has 1 aromatic carbocycles. The summed E-state index contributed by atoms with van der Waals surface area (Å²) in [5, 5.41) is 0.435. The Morgan fingerprint density at radius 1 is 1.35 bits per heavy atom. The van der Waals surface area contributed by atoms with Crippen LogP contribution in [0.15, 0.2) is 24.3 Å². The highest BCUT2D eigenvalue weighted by atomic mass is 35.5. The van der Waals surface area contributed by atoms with Gasteiger partial charge in [-0.05, 0) is 36.9 Å². The van der Waals surface area contributed by atoms with Gasteiger partial charge < -0.3 is 4.52 Å². The van der Waals surface area contributed by atoms with E-state index in [4.69, 9.17) is 20.6 Å². The van der Waals surface area contributed by atoms with E-state index in [-0.39, 0.29) is 0 Å². The second kappa shape index (κ2) is 7.32. The summed E-state index contributed by atoms with van der Waals surface area (Å²) in [6, 6.07) is 6.94. The SMILES string of the molecule is CCCSP(=O)(OCC)Oc1ccccc1Cl. The van der Waals surface area contributed by atoms with E-state index in [1.54, 1.807) is 31.2 Å². The van der Waals surface area contributed by atoms with Crippen LogP contribution in [0.25, 0.3) is 0 Å². The summed E-state index contributed by atoms with van der Waals surface area (Å²) in [5.74, 6) is 1.12. The Kier molecular flexibility index (Phi) is 6.42. The molecule has 17 heavy (non-hydrogen) atoms. The van der Waals surface area contributed by atoms with Crippen molar-refractivity contribution in [1.29, 1.82) is 0 Å². The molecule has 3 nitrogen and oxygen atoms in total. The van der Waals surface area contributed by atoms with E-state index in [0.717, 1.165) is 12.2 Å². The first-order valence-electron chi connectivity index (χ1n) is 5.44. The zero-order valence-electron chi connectivity index (χ0n) is 9.89. The monoisotopic (exact) mass is 294 g/mol. The van der Waals surface area contributed by atoms with Gasteiger partial charge in [0.1, 0.15) is 5.75 Å². The van der Waals surface area contributed by atoms with E-state index in [1.165, 1.54) is 11.4 Å². The average molecular weight is 295 g/mol. The molecular weight excluding hydrogens is 279 g/mol. The predicted octanol–water partition coefficient (Wildman–Crippen LogP) is 5.01. The smallest absolute Gasteiger partial charge is 0.415 e. The lowest BCUT2D eigenvalue weighted by Gasteiger charge is -2.17. The Balaban J connectivity index is 2.79. The first kappa shape index (κ1) is 14.9. The molecule has 0 saturated carbocycles. The second-order valence-corrected chi connectivity index (χ2v) is 7.75. The molecule has 0 aliphatic rings. The van der Waals surface area contributed by atoms with Crippen molar-refractivity contribution in [2.75, 3.05) is 12.4 Å². The van der Waals surface area contributed by atoms with Gasteiger partial charge in [0, 0.05) is 5.75 Å². The van der Waals surface area contributed by atoms with Crippen molar-refractivity contribution >= 4 is 29.8 Å². The van der Waals surface area contributed by atoms with Crippen molar-refractivity contribution in [1.82, 2.24) is 0 Å². The molecule has 1 unspecified atom stereocenters. The lowest BCUT2D eigenvalue weighted by Crippen LogP contribution is -1.96. The lowest BCUT2D eigenvalue weighted by atomic mass is 10.3. The standard InChI is InChI=1S/C11H16ClO3PS/c1-3-9-17-16(13,14-4-2)15-11-8-6-5-7-10(11)12/h5-8H,3-4,9H2,1-2H3. The maximum absolute atomic E-state index is 12.4. The Morgan fingerprint density at radius 3 is 2.65 bits per heavy atom. The summed E-state index contributed by atoms with van der Waals surface area (Å²) >= 11 is 7.16. The molecule has 0 aliphatic carbocycles. The van der Waals surface area contributed by atoms with E-state index < -0.39 is 6.80 Å². The van der Waals surface area contributed by atoms with Crippen LogP contribution in [0.5, 0.6) is 5.75 Å². The summed E-state index contributed by atoms with van der Waals surface area (Å²) in [7, 11) is 0. The Hall–Kier alpha value is -0.150. The summed E-state index contributed by atoms with van der Waals surface area (Å²) in [6.45, 7) is 0.993. The van der Waals surface area contributed by atoms with E-state index in [1.807, 2.05) is 6.92 Å². The van der Waals surface area contributed by atoms with Crippen LogP contribution < -0.4 is 4.52 Å². The number of halogens is 1. The van der Waals surface area contributed by atoms with Gasteiger partial charge in [-0.3, -0.25) is 4.52 Å². The van der Waals surface area contributed by atoms with E-state index in [2.05, 4.69) is 0 Å². The zero-order valence-corrected chi connectivity index (χ0v) is 12.4. The van der Waals surface area contributed by atoms with Crippen molar-refractivity contribution in [2.45, 2.75) is 20.3 Å². The third kappa shape index (κ3) is 4.92. The highest BCUT2D eigenvalue weighted by molar-refractivity contribution is 8.55. The van der Waals surface area contributed by atoms with Gasteiger partial charge in [-0.25, -0.2) is 4.57 Å². The van der Waals surface area contributed by atoms with Gasteiger partial charge in [0.2, 0.25) is 0 Å². The van der Waals surface area contributed by atoms with Crippen molar-refractivity contribution in [3.05, 3.63) is 29.3 Å². The molecule has 0 spiro atoms. The topological polar surface area (TPSA) is 35.5 Å². The molecule has 0 saturated heterocycles. The number of benzene rings is 1. The maximum Gasteiger partial charge on any atom is 0.440 e. The van der Waals surface area contributed by atoms with Gasteiger partial charge in [0.25, 0.3) is 0 Å². The van der Waals surface area contributed by atoms with Crippen LogP contribution >= 0.6 is 29.8 Å². The molecule has 0 radical (unpaired) electrons. The van der Waals surface area contributed by atoms with Gasteiger partial charge in [-0.2, -0.15) is 0 Å². The van der Waals surface area contributed by atoms with Gasteiger partial charge in [0.05, 0.1) is 11.6 Å². The average Bonchev–Trinajstić information content (AvgIpc) is 2.30. The molecule has 0 aliphatic heterocycles. The zero-order chi connectivity index (χ0) is 12.7. The molecule has 0 bridgehead atoms. The number of hydrogen-bond acceptors (Lipinski definition) is 4. The lowest BCUT2D eigenvalue weighted by molar-refractivity contribution is 0.296. The molecule has 0 amide bonds. The number of para-hydroxylation sites is 1. The number of hydrogen-bond donors (Lipinski definition) is 0. The number of rotatable bonds is 7. The Labute approximate surface area is 111 Å². The van der Waals surface area contributed by atoms with Crippen molar-refractivity contribution in [3.8, 4) is 5.75 Å². The minimum Gasteiger partial charge on any atom is -0.415 e. The van der Waals surface area contributed by atoms with Crippen LogP contribution in [-0.2, 0) is 9.09 Å². The van der Waals surface area contributed by atoms with Crippen molar-refractivity contribution in [2.24, 2.45) is 0 Å². The molecule has 0 aromatic heterocycles. The Bertz CT molecular complexity index is 400. The molecule has 0 heterocycles. The third-order valence-corrected chi connectivity index (χ3v) is 6.04. The van der Waals surface area contributed by atoms with E-state index in [0.29, 0.717) is 17.4 Å². The fraction of sp³-hybridized carbons (Fsp3) is 0.455. The van der Waals surface area contributed by atoms with Gasteiger partial charge >= 0.3 is 6.80 Å². The maximum atomic E-state index is 12.4. The van der Waals surface area contributed by atoms with Crippen LogP contribution in [0.2, 0.25) is 5.02 Å². The molecule has 1 atom stereocenters. The van der Waals surface area contributed by atoms with Crippen molar-refractivity contribution in [3.63, 3.8) is 0 Å². The van der Waals surface area contributed by atoms with Gasteiger partial charge in [-0.1, -0.05) is 30.7 Å². The highest BCUT2D eigenvalue weighted by Crippen LogP contribution is 2.60. The normalized spacial score (nSPS) is 14.3. The first-order valence-corrected chi connectivity index (χ1v) is 8.95. The largest absolute Gasteiger partial charge is 0.440 e. The highest BCUT2D eigenvalue weighted by Gasteiger charge is 2.27. The quantitative estimate of drug-likeness (QED) is 0.662. The fourth-order valence-electron chi connectivity index (χ4n) is 1.09. The van der Waals surface area contributed by atoms with Crippen molar-refractivity contribution < 1.29 is 13.6 Å². The molecule has 0 fully saturated rings. The van der Waals surface area contributed by atoms with E-state index >= 15 is 0 Å². The summed E-state index contributed by atoms with van der Waals surface area (Å²) in [4.78, 5) is 0. The minimum absolute atomic E-state index is 0.346. The summed E-state index contributed by atoms with van der Waals surface area (Å²) in [5.41, 5.74) is 0. The molecule has 96 valence electrons. The Morgan fingerprint density at radius 2 is 2.06 bits per heavy atom. The van der Waals surface area contributed by atoms with Crippen LogP contribution in [0.4, 0.5) is 0 Å². The van der Waals surface area contributed by atoms with Crippen LogP contribution in [0, 0.1) is 0 Å². The molecule has 6 heteroatoms. The van der Waals surface area contributed by atoms with Gasteiger partial charge in [-0.15, -0.1) is 0 Å². The third-order valence-electron chi connectivity index (χ3n) is 1.79. The van der Waals surface area contributed by atoms with Gasteiger partial charge in [0.15, 0.2) is 0 Å². The summed E-state index contributed by atoms with van der Waals surface area (Å²) < 4.78 is 23.0. The van der Waals surface area contributed by atoms with Crippen LogP contribution in [0.3, 0.4) is 0 Å². The second-order valence-electron chi connectivity index (χ2n) is 3.22. The minimum atomic E-state index is -3.15.